The number of H-pyrrole nitrogens is 1. The van der Waals surface area contributed by atoms with Crippen molar-refractivity contribution in [1.29, 1.82) is 0 Å². The van der Waals surface area contributed by atoms with E-state index in [0.717, 1.165) is 16.9 Å². The SMILES string of the molecule is CCOc1cc(C2c3sc(=O)[nH]c3SC3C4CCC(C4)C23)ccc1O. The van der Waals surface area contributed by atoms with Crippen LogP contribution >= 0.6 is 23.1 Å². The number of thioether (sulfide) groups is 1. The smallest absolute Gasteiger partial charge is 0.305 e. The Balaban J connectivity index is 1.65. The van der Waals surface area contributed by atoms with Gasteiger partial charge in [-0.25, -0.2) is 0 Å². The van der Waals surface area contributed by atoms with Gasteiger partial charge in [-0.1, -0.05) is 17.4 Å². The highest BCUT2D eigenvalue weighted by Gasteiger charge is 2.54. The van der Waals surface area contributed by atoms with Crippen molar-refractivity contribution in [2.75, 3.05) is 6.61 Å². The van der Waals surface area contributed by atoms with Crippen molar-refractivity contribution in [2.24, 2.45) is 17.8 Å². The van der Waals surface area contributed by atoms with Crippen LogP contribution in [-0.2, 0) is 0 Å². The fourth-order valence-electron chi connectivity index (χ4n) is 5.22. The molecule has 5 unspecified atom stereocenters. The molecule has 2 fully saturated rings. The predicted molar refractivity (Wildman–Crippen MR) is 100 cm³/mol. The van der Waals surface area contributed by atoms with Gasteiger partial charge in [0.15, 0.2) is 11.5 Å². The summed E-state index contributed by atoms with van der Waals surface area (Å²) in [4.78, 5) is 16.3. The highest BCUT2D eigenvalue weighted by atomic mass is 32.2. The molecule has 132 valence electrons. The fraction of sp³-hybridized carbons (Fsp3) is 0.526. The van der Waals surface area contributed by atoms with Gasteiger partial charge in [-0.05, 0) is 61.6 Å². The molecule has 2 heterocycles. The Morgan fingerprint density at radius 3 is 3.00 bits per heavy atom. The molecule has 4 nitrogen and oxygen atoms in total. The number of phenols is 1. The number of benzene rings is 1. The second-order valence-electron chi connectivity index (χ2n) is 7.34. The molecule has 1 aromatic carbocycles. The molecule has 5 rings (SSSR count). The van der Waals surface area contributed by atoms with Gasteiger partial charge in [-0.2, -0.15) is 0 Å². The third-order valence-corrected chi connectivity index (χ3v) is 8.73. The molecule has 2 aromatic rings. The maximum absolute atomic E-state index is 12.0. The van der Waals surface area contributed by atoms with Crippen molar-refractivity contribution in [3.05, 3.63) is 38.3 Å². The summed E-state index contributed by atoms with van der Waals surface area (Å²) in [5, 5.41) is 11.7. The molecule has 0 radical (unpaired) electrons. The first-order chi connectivity index (χ1) is 12.2. The molecule has 3 aliphatic rings. The van der Waals surface area contributed by atoms with Crippen LogP contribution in [0.1, 0.15) is 42.5 Å². The number of nitrogens with one attached hydrogen (secondary N) is 1. The summed E-state index contributed by atoms with van der Waals surface area (Å²) < 4.78 is 5.61. The van der Waals surface area contributed by atoms with Crippen LogP contribution in [0, 0.1) is 17.8 Å². The van der Waals surface area contributed by atoms with Gasteiger partial charge in [-0.15, -0.1) is 11.8 Å². The minimum absolute atomic E-state index is 0.0404. The number of aromatic nitrogens is 1. The molecule has 25 heavy (non-hydrogen) atoms. The Morgan fingerprint density at radius 2 is 2.16 bits per heavy atom. The van der Waals surface area contributed by atoms with E-state index in [4.69, 9.17) is 4.74 Å². The molecule has 6 heteroatoms. The van der Waals surface area contributed by atoms with Crippen LogP contribution in [0.15, 0.2) is 28.0 Å². The summed E-state index contributed by atoms with van der Waals surface area (Å²) in [7, 11) is 0. The summed E-state index contributed by atoms with van der Waals surface area (Å²) >= 11 is 3.26. The highest BCUT2D eigenvalue weighted by molar-refractivity contribution is 8.00. The Morgan fingerprint density at radius 1 is 1.32 bits per heavy atom. The lowest BCUT2D eigenvalue weighted by Gasteiger charge is -2.40. The molecule has 2 aliphatic carbocycles. The second kappa shape index (κ2) is 5.81. The lowest BCUT2D eigenvalue weighted by molar-refractivity contribution is 0.302. The van der Waals surface area contributed by atoms with E-state index in [1.165, 1.54) is 41.0 Å². The number of aromatic amines is 1. The molecular weight excluding hydrogens is 354 g/mol. The van der Waals surface area contributed by atoms with E-state index in [-0.39, 0.29) is 16.5 Å². The highest BCUT2D eigenvalue weighted by Crippen LogP contribution is 2.63. The van der Waals surface area contributed by atoms with Gasteiger partial charge >= 0.3 is 4.87 Å². The summed E-state index contributed by atoms with van der Waals surface area (Å²) in [5.74, 6) is 3.08. The van der Waals surface area contributed by atoms with E-state index in [2.05, 4.69) is 4.98 Å². The normalized spacial score (nSPS) is 32.4. The maximum atomic E-state index is 12.0. The molecule has 1 aliphatic heterocycles. The van der Waals surface area contributed by atoms with Gasteiger partial charge in [0, 0.05) is 16.0 Å². The van der Waals surface area contributed by atoms with Crippen LogP contribution < -0.4 is 9.61 Å². The maximum Gasteiger partial charge on any atom is 0.305 e. The van der Waals surface area contributed by atoms with Gasteiger partial charge in [-0.3, -0.25) is 4.79 Å². The van der Waals surface area contributed by atoms with E-state index in [9.17, 15) is 9.90 Å². The van der Waals surface area contributed by atoms with E-state index >= 15 is 0 Å². The number of thiazole rings is 1. The molecule has 0 spiro atoms. The van der Waals surface area contributed by atoms with E-state index < -0.39 is 0 Å². The minimum atomic E-state index is 0.0404. The fourth-order valence-corrected chi connectivity index (χ4v) is 8.11. The van der Waals surface area contributed by atoms with Gasteiger partial charge in [0.1, 0.15) is 0 Å². The Labute approximate surface area is 154 Å². The van der Waals surface area contributed by atoms with Crippen LogP contribution in [0.25, 0.3) is 0 Å². The first-order valence-corrected chi connectivity index (χ1v) is 10.7. The molecule has 2 bridgehead atoms. The average Bonchev–Trinajstić information content (AvgIpc) is 3.28. The van der Waals surface area contributed by atoms with Gasteiger partial charge in [0.2, 0.25) is 0 Å². The zero-order chi connectivity index (χ0) is 17.1. The Hall–Kier alpha value is -1.40. The summed E-state index contributed by atoms with van der Waals surface area (Å²) in [6.07, 6.45) is 3.97. The third kappa shape index (κ3) is 2.37. The van der Waals surface area contributed by atoms with Crippen LogP contribution in [0.5, 0.6) is 11.5 Å². The monoisotopic (exact) mass is 375 g/mol. The second-order valence-corrected chi connectivity index (χ2v) is 9.54. The number of hydrogen-bond acceptors (Lipinski definition) is 5. The molecule has 0 saturated heterocycles. The quantitative estimate of drug-likeness (QED) is 0.844. The van der Waals surface area contributed by atoms with Crippen molar-refractivity contribution < 1.29 is 9.84 Å². The molecular formula is C19H21NO3S2. The average molecular weight is 376 g/mol. The number of aromatic hydroxyl groups is 1. The number of rotatable bonds is 3. The zero-order valence-electron chi connectivity index (χ0n) is 14.0. The van der Waals surface area contributed by atoms with E-state index in [1.54, 1.807) is 6.07 Å². The first kappa shape index (κ1) is 15.8. The van der Waals surface area contributed by atoms with Crippen molar-refractivity contribution in [2.45, 2.75) is 42.4 Å². The number of fused-ring (bicyclic) bond motifs is 6. The van der Waals surface area contributed by atoms with Crippen molar-refractivity contribution in [1.82, 2.24) is 4.98 Å². The topological polar surface area (TPSA) is 62.3 Å². The first-order valence-electron chi connectivity index (χ1n) is 9.01. The summed E-state index contributed by atoms with van der Waals surface area (Å²) in [5.41, 5.74) is 1.17. The predicted octanol–water partition coefficient (Wildman–Crippen LogP) is 4.19. The van der Waals surface area contributed by atoms with E-state index in [0.29, 0.717) is 23.5 Å². The van der Waals surface area contributed by atoms with Gasteiger partial charge in [0.25, 0.3) is 0 Å². The number of ether oxygens (including phenoxy) is 1. The lowest BCUT2D eigenvalue weighted by atomic mass is 9.75. The van der Waals surface area contributed by atoms with Gasteiger partial charge in [0.05, 0.1) is 11.6 Å². The summed E-state index contributed by atoms with van der Waals surface area (Å²) in [6, 6.07) is 5.73. The largest absolute Gasteiger partial charge is 0.504 e. The zero-order valence-corrected chi connectivity index (χ0v) is 15.7. The van der Waals surface area contributed by atoms with Crippen LogP contribution in [0.4, 0.5) is 0 Å². The Bertz CT molecular complexity index is 874. The van der Waals surface area contributed by atoms with Crippen molar-refractivity contribution >= 4 is 23.1 Å². The minimum Gasteiger partial charge on any atom is -0.504 e. The van der Waals surface area contributed by atoms with Crippen LogP contribution in [0.2, 0.25) is 0 Å². The molecule has 1 aromatic heterocycles. The molecule has 5 atom stereocenters. The third-order valence-electron chi connectivity index (χ3n) is 6.11. The van der Waals surface area contributed by atoms with Gasteiger partial charge < -0.3 is 14.8 Å². The van der Waals surface area contributed by atoms with Crippen molar-refractivity contribution in [3.63, 3.8) is 0 Å². The number of phenolic OH excluding ortho intramolecular Hbond substituents is 1. The van der Waals surface area contributed by atoms with Crippen LogP contribution in [-0.4, -0.2) is 21.9 Å². The van der Waals surface area contributed by atoms with Crippen molar-refractivity contribution in [3.8, 4) is 11.5 Å². The Kier molecular flexibility index (Phi) is 3.68. The molecule has 2 N–H and O–H groups in total. The molecule has 2 saturated carbocycles. The van der Waals surface area contributed by atoms with E-state index in [1.807, 2.05) is 30.8 Å². The number of hydrogen-bond donors (Lipinski definition) is 2. The van der Waals surface area contributed by atoms with Crippen LogP contribution in [0.3, 0.4) is 0 Å². The summed E-state index contributed by atoms with van der Waals surface area (Å²) in [6.45, 7) is 2.45. The molecule has 0 amide bonds. The lowest BCUT2D eigenvalue weighted by Crippen LogP contribution is -2.33. The standard InChI is InChI=1S/C19H21NO3S2/c1-2-23-13-8-10(5-6-12(13)21)15-14-9-3-4-11(7-9)16(14)24-18-17(15)25-19(22)20-18/h5-6,8-9,11,14-16,21H,2-4,7H2,1H3,(H,20,22).